The van der Waals surface area contributed by atoms with Gasteiger partial charge in [-0.25, -0.2) is 9.50 Å². The number of rotatable bonds is 7. The fourth-order valence-electron chi connectivity index (χ4n) is 2.68. The molecule has 2 amide bonds. The highest BCUT2D eigenvalue weighted by molar-refractivity contribution is 7.12. The van der Waals surface area contributed by atoms with Crippen molar-refractivity contribution in [2.45, 2.75) is 32.9 Å². The van der Waals surface area contributed by atoms with Crippen molar-refractivity contribution in [2.24, 2.45) is 5.92 Å². The molecule has 0 radical (unpaired) electrons. The van der Waals surface area contributed by atoms with Crippen molar-refractivity contribution in [3.63, 3.8) is 0 Å². The lowest BCUT2D eigenvalue weighted by Crippen LogP contribution is -2.47. The lowest BCUT2D eigenvalue weighted by atomic mass is 10.0. The summed E-state index contributed by atoms with van der Waals surface area (Å²) in [5, 5.41) is 11.7. The Morgan fingerprint density at radius 2 is 2.08 bits per heavy atom. The van der Waals surface area contributed by atoms with E-state index in [0.717, 1.165) is 11.3 Å². The van der Waals surface area contributed by atoms with E-state index < -0.39 is 6.04 Å². The van der Waals surface area contributed by atoms with Gasteiger partial charge in [0.2, 0.25) is 5.91 Å². The van der Waals surface area contributed by atoms with Crippen LogP contribution < -0.4 is 10.6 Å². The lowest BCUT2D eigenvalue weighted by molar-refractivity contribution is -0.123. The van der Waals surface area contributed by atoms with Gasteiger partial charge in [-0.3, -0.25) is 9.59 Å². The summed E-state index contributed by atoms with van der Waals surface area (Å²) < 4.78 is 1.68. The summed E-state index contributed by atoms with van der Waals surface area (Å²) in [5.41, 5.74) is 1.54. The largest absolute Gasteiger partial charge is 0.349 e. The molecular weight excluding hydrogens is 350 g/mol. The maximum Gasteiger partial charge on any atom is 0.261 e. The van der Waals surface area contributed by atoms with Crippen LogP contribution in [0.25, 0.3) is 5.65 Å². The first-order chi connectivity index (χ1) is 12.5. The van der Waals surface area contributed by atoms with Crippen LogP contribution in [-0.4, -0.2) is 32.5 Å². The number of hydrogen-bond donors (Lipinski definition) is 2. The van der Waals surface area contributed by atoms with Crippen molar-refractivity contribution in [1.82, 2.24) is 25.2 Å². The van der Waals surface area contributed by atoms with Crippen LogP contribution in [0.2, 0.25) is 0 Å². The van der Waals surface area contributed by atoms with Gasteiger partial charge in [-0.1, -0.05) is 26.0 Å². The Kier molecular flexibility index (Phi) is 5.62. The number of carbonyl (C=O) groups is 2. The number of aromatic nitrogens is 3. The molecule has 0 aliphatic heterocycles. The van der Waals surface area contributed by atoms with E-state index in [1.165, 1.54) is 17.7 Å². The predicted molar refractivity (Wildman–Crippen MR) is 99.9 cm³/mol. The average molecular weight is 371 g/mol. The summed E-state index contributed by atoms with van der Waals surface area (Å²) in [4.78, 5) is 29.7. The summed E-state index contributed by atoms with van der Waals surface area (Å²) >= 11 is 1.35. The topological polar surface area (TPSA) is 88.4 Å². The fourth-order valence-corrected chi connectivity index (χ4v) is 3.30. The SMILES string of the molecule is CC(C)CC(NC(=O)c1cccs1)C(=O)NCc1cccc2ncnn12. The van der Waals surface area contributed by atoms with Gasteiger partial charge < -0.3 is 10.6 Å². The van der Waals surface area contributed by atoms with Crippen LogP contribution in [-0.2, 0) is 11.3 Å². The molecule has 0 aliphatic carbocycles. The number of amides is 2. The highest BCUT2D eigenvalue weighted by Crippen LogP contribution is 2.11. The maximum atomic E-state index is 12.7. The van der Waals surface area contributed by atoms with E-state index in [9.17, 15) is 9.59 Å². The van der Waals surface area contributed by atoms with Crippen LogP contribution in [0.4, 0.5) is 0 Å². The first kappa shape index (κ1) is 18.1. The fraction of sp³-hybridized carbons (Fsp3) is 0.333. The Bertz CT molecular complexity index is 888. The Morgan fingerprint density at radius 1 is 1.23 bits per heavy atom. The molecule has 0 fully saturated rings. The normalized spacial score (nSPS) is 12.3. The molecule has 0 saturated carbocycles. The summed E-state index contributed by atoms with van der Waals surface area (Å²) in [5.74, 6) is -0.159. The number of fused-ring (bicyclic) bond motifs is 1. The molecular formula is C18H21N5O2S. The van der Waals surface area contributed by atoms with Crippen LogP contribution in [0, 0.1) is 5.92 Å². The predicted octanol–water partition coefficient (Wildman–Crippen LogP) is 2.25. The molecule has 1 unspecified atom stereocenters. The standard InChI is InChI=1S/C18H21N5O2S/c1-12(2)9-14(22-18(25)15-6-4-8-26-15)17(24)19-10-13-5-3-7-16-20-11-21-23(13)16/h3-8,11-12,14H,9-10H2,1-2H3,(H,19,24)(H,22,25). The van der Waals surface area contributed by atoms with Gasteiger partial charge in [0.15, 0.2) is 5.65 Å². The van der Waals surface area contributed by atoms with E-state index in [0.29, 0.717) is 17.8 Å². The van der Waals surface area contributed by atoms with Crippen LogP contribution in [0.15, 0.2) is 42.0 Å². The van der Waals surface area contributed by atoms with Gasteiger partial charge in [-0.2, -0.15) is 5.10 Å². The van der Waals surface area contributed by atoms with Gasteiger partial charge in [-0.15, -0.1) is 11.3 Å². The van der Waals surface area contributed by atoms with Crippen molar-refractivity contribution in [3.8, 4) is 0 Å². The molecule has 136 valence electrons. The zero-order valence-corrected chi connectivity index (χ0v) is 15.5. The summed E-state index contributed by atoms with van der Waals surface area (Å²) in [6.45, 7) is 4.35. The third kappa shape index (κ3) is 4.26. The molecule has 3 heterocycles. The first-order valence-corrected chi connectivity index (χ1v) is 9.32. The molecule has 0 aliphatic rings. The van der Waals surface area contributed by atoms with Crippen LogP contribution >= 0.6 is 11.3 Å². The molecule has 8 heteroatoms. The molecule has 7 nitrogen and oxygen atoms in total. The third-order valence-electron chi connectivity index (χ3n) is 3.90. The molecule has 0 saturated heterocycles. The van der Waals surface area contributed by atoms with Crippen molar-refractivity contribution in [2.75, 3.05) is 0 Å². The number of pyridine rings is 1. The highest BCUT2D eigenvalue weighted by atomic mass is 32.1. The molecule has 3 rings (SSSR count). The smallest absolute Gasteiger partial charge is 0.261 e. The molecule has 0 aromatic carbocycles. The Labute approximate surface area is 155 Å². The summed E-state index contributed by atoms with van der Waals surface area (Å²) in [7, 11) is 0. The Hall–Kier alpha value is -2.74. The van der Waals surface area contributed by atoms with Crippen LogP contribution in [0.3, 0.4) is 0 Å². The lowest BCUT2D eigenvalue weighted by Gasteiger charge is -2.20. The molecule has 2 N–H and O–H groups in total. The second kappa shape index (κ2) is 8.09. The minimum absolute atomic E-state index is 0.208. The van der Waals surface area contributed by atoms with Crippen molar-refractivity contribution >= 4 is 28.8 Å². The molecule has 26 heavy (non-hydrogen) atoms. The zero-order chi connectivity index (χ0) is 18.5. The van der Waals surface area contributed by atoms with Crippen molar-refractivity contribution in [3.05, 3.63) is 52.6 Å². The van der Waals surface area contributed by atoms with E-state index in [1.54, 1.807) is 10.6 Å². The van der Waals surface area contributed by atoms with Gasteiger partial charge in [0.05, 0.1) is 17.1 Å². The first-order valence-electron chi connectivity index (χ1n) is 8.44. The van der Waals surface area contributed by atoms with Gasteiger partial charge in [0.25, 0.3) is 5.91 Å². The van der Waals surface area contributed by atoms with E-state index in [4.69, 9.17) is 0 Å². The number of nitrogens with one attached hydrogen (secondary N) is 2. The third-order valence-corrected chi connectivity index (χ3v) is 4.77. The van der Waals surface area contributed by atoms with E-state index in [-0.39, 0.29) is 17.7 Å². The number of nitrogens with zero attached hydrogens (tertiary/aromatic N) is 3. The Balaban J connectivity index is 1.67. The second-order valence-corrected chi connectivity index (χ2v) is 7.35. The average Bonchev–Trinajstić information content (AvgIpc) is 3.29. The number of thiophene rings is 1. The van der Waals surface area contributed by atoms with Crippen LogP contribution in [0.1, 0.15) is 35.6 Å². The van der Waals surface area contributed by atoms with Crippen molar-refractivity contribution in [1.29, 1.82) is 0 Å². The minimum atomic E-state index is -0.584. The molecule has 3 aromatic rings. The highest BCUT2D eigenvalue weighted by Gasteiger charge is 2.23. The number of carbonyl (C=O) groups excluding carboxylic acids is 2. The summed E-state index contributed by atoms with van der Waals surface area (Å²) in [6.07, 6.45) is 2.04. The van der Waals surface area contributed by atoms with Gasteiger partial charge >= 0.3 is 0 Å². The molecule has 1 atom stereocenters. The molecule has 0 spiro atoms. The van der Waals surface area contributed by atoms with Gasteiger partial charge in [0, 0.05) is 0 Å². The maximum absolute atomic E-state index is 12.7. The summed E-state index contributed by atoms with van der Waals surface area (Å²) in [6, 6.07) is 8.58. The molecule has 0 bridgehead atoms. The molecule has 3 aromatic heterocycles. The minimum Gasteiger partial charge on any atom is -0.349 e. The van der Waals surface area contributed by atoms with E-state index in [2.05, 4.69) is 20.7 Å². The quantitative estimate of drug-likeness (QED) is 0.667. The van der Waals surface area contributed by atoms with Crippen molar-refractivity contribution < 1.29 is 9.59 Å². The zero-order valence-electron chi connectivity index (χ0n) is 14.7. The van der Waals surface area contributed by atoms with Crippen LogP contribution in [0.5, 0.6) is 0 Å². The Morgan fingerprint density at radius 3 is 2.81 bits per heavy atom. The van der Waals surface area contributed by atoms with E-state index in [1.807, 2.05) is 43.5 Å². The van der Waals surface area contributed by atoms with E-state index >= 15 is 0 Å². The monoisotopic (exact) mass is 371 g/mol. The second-order valence-electron chi connectivity index (χ2n) is 6.40. The van der Waals surface area contributed by atoms with Gasteiger partial charge in [-0.05, 0) is 35.9 Å². The number of hydrogen-bond acceptors (Lipinski definition) is 5. The van der Waals surface area contributed by atoms with Gasteiger partial charge in [0.1, 0.15) is 12.4 Å².